The van der Waals surface area contributed by atoms with E-state index < -0.39 is 6.04 Å². The molecule has 96 valence electrons. The molecule has 1 rings (SSSR count). The Kier molecular flexibility index (Phi) is 5.08. The first-order valence-electron chi connectivity index (χ1n) is 5.97. The van der Waals surface area contributed by atoms with Crippen molar-refractivity contribution in [2.75, 3.05) is 5.32 Å². The summed E-state index contributed by atoms with van der Waals surface area (Å²) in [5.74, 6) is 0.406. The van der Waals surface area contributed by atoms with Crippen molar-refractivity contribution in [1.29, 1.82) is 0 Å². The first kappa shape index (κ1) is 14.1. The van der Waals surface area contributed by atoms with Crippen molar-refractivity contribution >= 4 is 22.4 Å². The van der Waals surface area contributed by atoms with Gasteiger partial charge in [-0.05, 0) is 11.8 Å². The Balaban J connectivity index is 2.61. The van der Waals surface area contributed by atoms with Gasteiger partial charge in [-0.15, -0.1) is 11.3 Å². The molecule has 2 unspecified atom stereocenters. The fraction of sp³-hybridized carbons (Fsp3) is 0.667. The van der Waals surface area contributed by atoms with Gasteiger partial charge in [-0.3, -0.25) is 4.79 Å². The van der Waals surface area contributed by atoms with Crippen LogP contribution in [0.25, 0.3) is 0 Å². The molecule has 0 aliphatic carbocycles. The third-order valence-electron chi connectivity index (χ3n) is 2.90. The number of amides is 1. The molecule has 1 aromatic heterocycles. The van der Waals surface area contributed by atoms with E-state index in [1.54, 1.807) is 0 Å². The molecule has 1 amide bonds. The number of carbonyl (C=O) groups excluding carboxylic acids is 1. The molecule has 2 atom stereocenters. The van der Waals surface area contributed by atoms with Crippen molar-refractivity contribution in [1.82, 2.24) is 4.98 Å². The smallest absolute Gasteiger partial charge is 0.243 e. The lowest BCUT2D eigenvalue weighted by Crippen LogP contribution is -2.40. The lowest BCUT2D eigenvalue weighted by atomic mass is 10.00. The highest BCUT2D eigenvalue weighted by atomic mass is 32.1. The van der Waals surface area contributed by atoms with E-state index in [-0.39, 0.29) is 11.8 Å². The van der Waals surface area contributed by atoms with Crippen LogP contribution in [0.5, 0.6) is 0 Å². The van der Waals surface area contributed by atoms with Gasteiger partial charge in [0.25, 0.3) is 0 Å². The molecule has 0 bridgehead atoms. The number of nitrogens with two attached hydrogens (primary N) is 1. The zero-order chi connectivity index (χ0) is 13.0. The van der Waals surface area contributed by atoms with Gasteiger partial charge in [-0.1, -0.05) is 34.1 Å². The summed E-state index contributed by atoms with van der Waals surface area (Å²) in [6.45, 7) is 8.15. The van der Waals surface area contributed by atoms with Crippen LogP contribution in [-0.2, 0) is 4.79 Å². The van der Waals surface area contributed by atoms with Crippen LogP contribution in [-0.4, -0.2) is 16.9 Å². The summed E-state index contributed by atoms with van der Waals surface area (Å²) in [5, 5.41) is 5.38. The monoisotopic (exact) mass is 255 g/mol. The topological polar surface area (TPSA) is 68.0 Å². The third-order valence-corrected chi connectivity index (χ3v) is 3.68. The maximum absolute atomic E-state index is 11.8. The molecule has 0 spiro atoms. The van der Waals surface area contributed by atoms with Gasteiger partial charge in [-0.2, -0.15) is 0 Å². The van der Waals surface area contributed by atoms with E-state index >= 15 is 0 Å². The molecule has 0 aliphatic heterocycles. The Labute approximate surface area is 107 Å². The van der Waals surface area contributed by atoms with Gasteiger partial charge < -0.3 is 11.1 Å². The van der Waals surface area contributed by atoms with Gasteiger partial charge >= 0.3 is 0 Å². The van der Waals surface area contributed by atoms with E-state index in [4.69, 9.17) is 5.73 Å². The van der Waals surface area contributed by atoms with Crippen LogP contribution in [0, 0.1) is 5.92 Å². The van der Waals surface area contributed by atoms with Gasteiger partial charge in [0.2, 0.25) is 5.91 Å². The normalized spacial score (nSPS) is 14.7. The minimum Gasteiger partial charge on any atom is -0.320 e. The Morgan fingerprint density at radius 2 is 2.18 bits per heavy atom. The Bertz CT molecular complexity index is 376. The van der Waals surface area contributed by atoms with Gasteiger partial charge in [-0.25, -0.2) is 4.98 Å². The highest BCUT2D eigenvalue weighted by Gasteiger charge is 2.20. The highest BCUT2D eigenvalue weighted by molar-refractivity contribution is 7.13. The minimum atomic E-state index is -0.466. The van der Waals surface area contributed by atoms with Crippen LogP contribution in [0.15, 0.2) is 5.38 Å². The lowest BCUT2D eigenvalue weighted by Gasteiger charge is -2.16. The molecular weight excluding hydrogens is 234 g/mol. The number of hydrogen-bond acceptors (Lipinski definition) is 4. The molecule has 4 nitrogen and oxygen atoms in total. The molecule has 0 saturated carbocycles. The average molecular weight is 255 g/mol. The zero-order valence-electron chi connectivity index (χ0n) is 10.9. The Hall–Kier alpha value is -0.940. The predicted molar refractivity (Wildman–Crippen MR) is 72.3 cm³/mol. The Morgan fingerprint density at radius 3 is 2.65 bits per heavy atom. The first-order valence-corrected chi connectivity index (χ1v) is 6.85. The molecule has 5 heteroatoms. The number of aromatic nitrogens is 1. The predicted octanol–water partition coefficient (Wildman–Crippen LogP) is 2.58. The summed E-state index contributed by atoms with van der Waals surface area (Å²) < 4.78 is 0. The highest BCUT2D eigenvalue weighted by Crippen LogP contribution is 2.21. The van der Waals surface area contributed by atoms with Crippen molar-refractivity contribution in [3.05, 3.63) is 11.1 Å². The molecule has 0 fully saturated rings. The van der Waals surface area contributed by atoms with Crippen molar-refractivity contribution < 1.29 is 4.79 Å². The van der Waals surface area contributed by atoms with E-state index in [0.29, 0.717) is 11.0 Å². The maximum Gasteiger partial charge on any atom is 0.243 e. The number of nitrogens with zero attached hydrogens (tertiary/aromatic N) is 1. The lowest BCUT2D eigenvalue weighted by molar-refractivity contribution is -0.118. The molecule has 1 aromatic rings. The minimum absolute atomic E-state index is 0.149. The van der Waals surface area contributed by atoms with Crippen molar-refractivity contribution in [3.8, 4) is 0 Å². The summed E-state index contributed by atoms with van der Waals surface area (Å²) in [6.07, 6.45) is 0.893. The summed E-state index contributed by atoms with van der Waals surface area (Å²) >= 11 is 1.44. The zero-order valence-corrected chi connectivity index (χ0v) is 11.7. The molecular formula is C12H21N3OS. The summed E-state index contributed by atoms with van der Waals surface area (Å²) in [7, 11) is 0. The van der Waals surface area contributed by atoms with Gasteiger partial charge in [0.1, 0.15) is 0 Å². The fourth-order valence-electron chi connectivity index (χ4n) is 1.31. The fourth-order valence-corrected chi connectivity index (χ4v) is 2.18. The van der Waals surface area contributed by atoms with E-state index in [1.165, 1.54) is 11.3 Å². The van der Waals surface area contributed by atoms with Crippen molar-refractivity contribution in [2.45, 2.75) is 46.1 Å². The van der Waals surface area contributed by atoms with Gasteiger partial charge in [0, 0.05) is 5.38 Å². The van der Waals surface area contributed by atoms with Crippen molar-refractivity contribution in [2.24, 2.45) is 11.7 Å². The molecule has 17 heavy (non-hydrogen) atoms. The van der Waals surface area contributed by atoms with E-state index in [9.17, 15) is 4.79 Å². The van der Waals surface area contributed by atoms with Crippen LogP contribution in [0.3, 0.4) is 0 Å². The standard InChI is InChI=1S/C12H21N3OS/c1-5-8(4)10(13)11(16)15-12-14-9(6-17-12)7(2)3/h6-8,10H,5,13H2,1-4H3,(H,14,15,16). The van der Waals surface area contributed by atoms with Crippen LogP contribution in [0.4, 0.5) is 5.13 Å². The molecule has 0 saturated heterocycles. The SMILES string of the molecule is CCC(C)C(N)C(=O)Nc1nc(C(C)C)cs1. The molecule has 0 aromatic carbocycles. The second-order valence-electron chi connectivity index (χ2n) is 4.63. The van der Waals surface area contributed by atoms with Crippen LogP contribution in [0.1, 0.15) is 45.7 Å². The third kappa shape index (κ3) is 3.78. The summed E-state index contributed by atoms with van der Waals surface area (Å²) in [5.41, 5.74) is 6.85. The second kappa shape index (κ2) is 6.12. The second-order valence-corrected chi connectivity index (χ2v) is 5.49. The number of anilines is 1. The van der Waals surface area contributed by atoms with Crippen LogP contribution in [0.2, 0.25) is 0 Å². The largest absolute Gasteiger partial charge is 0.320 e. The number of nitrogens with one attached hydrogen (secondary N) is 1. The van der Waals surface area contributed by atoms with Crippen molar-refractivity contribution in [3.63, 3.8) is 0 Å². The molecule has 0 aliphatic rings. The Morgan fingerprint density at radius 1 is 1.53 bits per heavy atom. The van der Waals surface area contributed by atoms with E-state index in [1.807, 2.05) is 19.2 Å². The summed E-state index contributed by atoms with van der Waals surface area (Å²) in [6, 6.07) is -0.466. The van der Waals surface area contributed by atoms with Crippen LogP contribution < -0.4 is 11.1 Å². The number of carbonyl (C=O) groups is 1. The quantitative estimate of drug-likeness (QED) is 0.849. The van der Waals surface area contributed by atoms with E-state index in [2.05, 4.69) is 24.1 Å². The van der Waals surface area contributed by atoms with Gasteiger partial charge in [0.15, 0.2) is 5.13 Å². The maximum atomic E-state index is 11.8. The first-order chi connectivity index (χ1) is 7.95. The van der Waals surface area contributed by atoms with Gasteiger partial charge in [0.05, 0.1) is 11.7 Å². The van der Waals surface area contributed by atoms with E-state index in [0.717, 1.165) is 12.1 Å². The number of hydrogen-bond donors (Lipinski definition) is 2. The molecule has 1 heterocycles. The molecule has 3 N–H and O–H groups in total. The number of rotatable bonds is 5. The molecule has 0 radical (unpaired) electrons. The van der Waals surface area contributed by atoms with Crippen LogP contribution >= 0.6 is 11.3 Å². The number of thiazole rings is 1. The summed E-state index contributed by atoms with van der Waals surface area (Å²) in [4.78, 5) is 16.2. The average Bonchev–Trinajstić information content (AvgIpc) is 2.75.